The first-order valence-corrected chi connectivity index (χ1v) is 10.5. The van der Waals surface area contributed by atoms with Gasteiger partial charge in [-0.05, 0) is 42.5 Å². The van der Waals surface area contributed by atoms with Gasteiger partial charge in [0.15, 0.2) is 5.69 Å². The summed E-state index contributed by atoms with van der Waals surface area (Å²) in [6.45, 7) is 0. The molecule has 12 heteroatoms. The van der Waals surface area contributed by atoms with E-state index in [-0.39, 0.29) is 17.1 Å². The highest BCUT2D eigenvalue weighted by atomic mass is 35.5. The van der Waals surface area contributed by atoms with E-state index in [1.165, 1.54) is 48.5 Å². The highest BCUT2D eigenvalue weighted by molar-refractivity contribution is 7.92. The Morgan fingerprint density at radius 3 is 2.33 bits per heavy atom. The Morgan fingerprint density at radius 1 is 1.10 bits per heavy atom. The average Bonchev–Trinajstić information content (AvgIpc) is 3.07. The van der Waals surface area contributed by atoms with E-state index < -0.39 is 33.4 Å². The Morgan fingerprint density at radius 2 is 1.73 bits per heavy atom. The minimum absolute atomic E-state index is 0.0742. The number of nitrogens with zero attached hydrogens (tertiary/aromatic N) is 2. The van der Waals surface area contributed by atoms with Gasteiger partial charge >= 0.3 is 6.18 Å². The second-order valence-corrected chi connectivity index (χ2v) is 8.39. The molecule has 0 saturated heterocycles. The molecule has 2 aromatic carbocycles. The monoisotopic (exact) mass is 458 g/mol. The van der Waals surface area contributed by atoms with Crippen LogP contribution in [-0.4, -0.2) is 30.4 Å². The van der Waals surface area contributed by atoms with E-state index in [2.05, 4.69) is 15.1 Å². The number of hydrogen-bond donors (Lipinski definition) is 2. The lowest BCUT2D eigenvalue weighted by Gasteiger charge is -2.13. The number of hydrogen-bond acceptors (Lipinski definition) is 4. The lowest BCUT2D eigenvalue weighted by Crippen LogP contribution is -2.20. The topological polar surface area (TPSA) is 93.1 Å². The van der Waals surface area contributed by atoms with E-state index in [0.717, 1.165) is 12.5 Å². The number of carbonyl (C=O) groups is 1. The van der Waals surface area contributed by atoms with Gasteiger partial charge in [-0.15, -0.1) is 0 Å². The summed E-state index contributed by atoms with van der Waals surface area (Å²) >= 11 is 5.77. The molecular weight excluding hydrogens is 445 g/mol. The molecule has 1 amide bonds. The van der Waals surface area contributed by atoms with Gasteiger partial charge in [-0.25, -0.2) is 13.1 Å². The van der Waals surface area contributed by atoms with E-state index in [0.29, 0.717) is 9.70 Å². The van der Waals surface area contributed by atoms with Crippen LogP contribution in [0.2, 0.25) is 5.02 Å². The number of amides is 1. The summed E-state index contributed by atoms with van der Waals surface area (Å²) in [4.78, 5) is 12.6. The first-order valence-electron chi connectivity index (χ1n) is 8.24. The van der Waals surface area contributed by atoms with Crippen LogP contribution in [0.3, 0.4) is 0 Å². The summed E-state index contributed by atoms with van der Waals surface area (Å²) in [5, 5.41) is 6.37. The Kier molecular flexibility index (Phi) is 5.77. The van der Waals surface area contributed by atoms with E-state index in [9.17, 15) is 26.4 Å². The molecule has 0 aliphatic rings. The zero-order chi connectivity index (χ0) is 22.1. The zero-order valence-corrected chi connectivity index (χ0v) is 16.8. The molecule has 0 bridgehead atoms. The second-order valence-electron chi connectivity index (χ2n) is 6.20. The molecule has 158 valence electrons. The summed E-state index contributed by atoms with van der Waals surface area (Å²) in [5.74, 6) is -1.06. The minimum atomic E-state index is -4.87. The van der Waals surface area contributed by atoms with Gasteiger partial charge in [0.05, 0.1) is 29.4 Å². The Hall–Kier alpha value is -3.05. The summed E-state index contributed by atoms with van der Waals surface area (Å²) < 4.78 is 66.6. The molecule has 0 atom stereocenters. The fourth-order valence-corrected chi connectivity index (χ4v) is 3.32. The van der Waals surface area contributed by atoms with Crippen LogP contribution in [0.25, 0.3) is 5.69 Å². The van der Waals surface area contributed by atoms with Crippen LogP contribution >= 0.6 is 11.6 Å². The number of benzene rings is 2. The number of halogens is 4. The number of anilines is 2. The molecule has 3 aromatic rings. The van der Waals surface area contributed by atoms with Crippen molar-refractivity contribution in [1.82, 2.24) is 9.78 Å². The third-order valence-corrected chi connectivity index (χ3v) is 4.64. The lowest BCUT2D eigenvalue weighted by atomic mass is 10.2. The Bertz CT molecular complexity index is 1190. The molecule has 7 nitrogen and oxygen atoms in total. The summed E-state index contributed by atoms with van der Waals surface area (Å²) in [6.07, 6.45) is -3.12. The van der Waals surface area contributed by atoms with Gasteiger partial charge in [0.1, 0.15) is 0 Å². The van der Waals surface area contributed by atoms with Gasteiger partial charge in [-0.2, -0.15) is 18.3 Å². The standard InChI is InChI=1S/C18H14ClF3N4O3S/c1-30(28,29)25-13-4-2-3-12(9-13)24-17(27)15-10-23-26(16(15)18(20,21)22)14-7-5-11(19)6-8-14/h2-10,25H,1H3,(H,24,27). The number of rotatable bonds is 5. The van der Waals surface area contributed by atoms with Crippen molar-refractivity contribution in [3.63, 3.8) is 0 Å². The molecule has 0 radical (unpaired) electrons. The van der Waals surface area contributed by atoms with Crippen molar-refractivity contribution in [2.24, 2.45) is 0 Å². The smallest absolute Gasteiger partial charge is 0.322 e. The SMILES string of the molecule is CS(=O)(=O)Nc1cccc(NC(=O)c2cnn(-c3ccc(Cl)cc3)c2C(F)(F)F)c1. The molecule has 3 rings (SSSR count). The molecule has 0 spiro atoms. The van der Waals surface area contributed by atoms with E-state index in [4.69, 9.17) is 11.6 Å². The second kappa shape index (κ2) is 8.00. The zero-order valence-electron chi connectivity index (χ0n) is 15.2. The summed E-state index contributed by atoms with van der Waals surface area (Å²) in [7, 11) is -3.57. The third kappa shape index (κ3) is 5.10. The molecule has 0 fully saturated rings. The van der Waals surface area contributed by atoms with Crippen LogP contribution in [0, 0.1) is 0 Å². The van der Waals surface area contributed by atoms with E-state index >= 15 is 0 Å². The predicted octanol–water partition coefficient (Wildman–Crippen LogP) is 4.17. The predicted molar refractivity (Wildman–Crippen MR) is 106 cm³/mol. The highest BCUT2D eigenvalue weighted by Crippen LogP contribution is 2.34. The maximum atomic E-state index is 13.7. The number of alkyl halides is 3. The quantitative estimate of drug-likeness (QED) is 0.600. The largest absolute Gasteiger partial charge is 0.434 e. The molecule has 1 heterocycles. The van der Waals surface area contributed by atoms with Crippen molar-refractivity contribution in [2.75, 3.05) is 16.3 Å². The Balaban J connectivity index is 1.95. The maximum Gasteiger partial charge on any atom is 0.434 e. The summed E-state index contributed by atoms with van der Waals surface area (Å²) in [6, 6.07) is 11.0. The van der Waals surface area contributed by atoms with Crippen molar-refractivity contribution in [3.8, 4) is 5.69 Å². The molecule has 0 aliphatic carbocycles. The first-order chi connectivity index (χ1) is 13.9. The van der Waals surface area contributed by atoms with E-state index in [1.807, 2.05) is 0 Å². The van der Waals surface area contributed by atoms with Crippen molar-refractivity contribution < 1.29 is 26.4 Å². The fourth-order valence-electron chi connectivity index (χ4n) is 2.64. The van der Waals surface area contributed by atoms with Crippen LogP contribution in [-0.2, 0) is 16.2 Å². The number of carbonyl (C=O) groups excluding carboxylic acids is 1. The van der Waals surface area contributed by atoms with Crippen molar-refractivity contribution in [2.45, 2.75) is 6.18 Å². The van der Waals surface area contributed by atoms with Crippen molar-refractivity contribution in [3.05, 3.63) is 71.0 Å². The molecular formula is C18H14ClF3N4O3S. The molecule has 0 aliphatic heterocycles. The van der Waals surface area contributed by atoms with Gasteiger partial charge in [0.25, 0.3) is 5.91 Å². The highest BCUT2D eigenvalue weighted by Gasteiger charge is 2.40. The normalized spacial score (nSPS) is 11.9. The fraction of sp³-hybridized carbons (Fsp3) is 0.111. The van der Waals surface area contributed by atoms with E-state index in [1.54, 1.807) is 0 Å². The van der Waals surface area contributed by atoms with Gasteiger partial charge in [0, 0.05) is 10.7 Å². The van der Waals surface area contributed by atoms with Crippen molar-refractivity contribution >= 4 is 38.9 Å². The Labute approximate surface area is 174 Å². The number of aromatic nitrogens is 2. The average molecular weight is 459 g/mol. The maximum absolute atomic E-state index is 13.7. The van der Waals surface area contributed by atoms with Gasteiger partial charge in [-0.1, -0.05) is 17.7 Å². The molecule has 30 heavy (non-hydrogen) atoms. The lowest BCUT2D eigenvalue weighted by molar-refractivity contribution is -0.143. The number of sulfonamides is 1. The van der Waals surface area contributed by atoms with Gasteiger partial charge in [0.2, 0.25) is 10.0 Å². The molecule has 0 saturated carbocycles. The molecule has 1 aromatic heterocycles. The van der Waals surface area contributed by atoms with Crippen LogP contribution in [0.4, 0.5) is 24.5 Å². The van der Waals surface area contributed by atoms with Crippen LogP contribution in [0.5, 0.6) is 0 Å². The minimum Gasteiger partial charge on any atom is -0.322 e. The molecule has 0 unspecified atom stereocenters. The van der Waals surface area contributed by atoms with Gasteiger partial charge < -0.3 is 5.32 Å². The summed E-state index contributed by atoms with van der Waals surface area (Å²) in [5.41, 5.74) is -1.64. The van der Waals surface area contributed by atoms with Crippen LogP contribution < -0.4 is 10.0 Å². The third-order valence-electron chi connectivity index (χ3n) is 3.78. The number of nitrogens with one attached hydrogen (secondary N) is 2. The van der Waals surface area contributed by atoms with Crippen molar-refractivity contribution in [1.29, 1.82) is 0 Å². The van der Waals surface area contributed by atoms with Crippen LogP contribution in [0.15, 0.2) is 54.7 Å². The van der Waals surface area contributed by atoms with Crippen LogP contribution in [0.1, 0.15) is 16.1 Å². The first kappa shape index (κ1) is 21.7. The molecule has 2 N–H and O–H groups in total. The van der Waals surface area contributed by atoms with Gasteiger partial charge in [-0.3, -0.25) is 9.52 Å².